The number of likely N-dealkylation sites (tertiary alicyclic amines) is 1. The summed E-state index contributed by atoms with van der Waals surface area (Å²) >= 11 is 0. The molecule has 5 heteroatoms. The number of rotatable bonds is 5. The molecule has 23 heavy (non-hydrogen) atoms. The van der Waals surface area contributed by atoms with Crippen LogP contribution in [0.15, 0.2) is 42.6 Å². The minimum absolute atomic E-state index is 0.0947. The second-order valence-electron chi connectivity index (χ2n) is 6.43. The van der Waals surface area contributed by atoms with Gasteiger partial charge in [0.1, 0.15) is 0 Å². The zero-order valence-corrected chi connectivity index (χ0v) is 13.8. The molecule has 1 fully saturated rings. The van der Waals surface area contributed by atoms with Gasteiger partial charge in [0.25, 0.3) is 5.91 Å². The molecule has 0 saturated carbocycles. The van der Waals surface area contributed by atoms with Gasteiger partial charge in [0.2, 0.25) is 0 Å². The van der Waals surface area contributed by atoms with Gasteiger partial charge in [0, 0.05) is 25.3 Å². The van der Waals surface area contributed by atoms with Crippen LogP contribution in [0.1, 0.15) is 30.8 Å². The number of nitrogens with zero attached hydrogens (tertiary/aromatic N) is 3. The normalized spacial score (nSPS) is 18.5. The van der Waals surface area contributed by atoms with Crippen LogP contribution in [-0.2, 0) is 0 Å². The molecule has 1 aromatic carbocycles. The molecule has 1 aliphatic heterocycles. The number of carbonyl (C=O) groups is 1. The fourth-order valence-electron chi connectivity index (χ4n) is 3.00. The minimum Gasteiger partial charge on any atom is -0.350 e. The summed E-state index contributed by atoms with van der Waals surface area (Å²) in [4.78, 5) is 14.7. The first-order valence-corrected chi connectivity index (χ1v) is 8.27. The highest BCUT2D eigenvalue weighted by Crippen LogP contribution is 2.17. The van der Waals surface area contributed by atoms with Crippen molar-refractivity contribution in [1.82, 2.24) is 20.0 Å². The van der Waals surface area contributed by atoms with Gasteiger partial charge in [0.15, 0.2) is 5.69 Å². The SMILES string of the molecule is CC(C)N1CCC(CNC(=O)c2ccn(-c3ccccc3)n2)C1. The quantitative estimate of drug-likeness (QED) is 0.922. The lowest BCUT2D eigenvalue weighted by molar-refractivity contribution is 0.0941. The first-order valence-electron chi connectivity index (χ1n) is 8.27. The predicted octanol–water partition coefficient (Wildman–Crippen LogP) is 2.33. The van der Waals surface area contributed by atoms with E-state index in [9.17, 15) is 4.79 Å². The molecular weight excluding hydrogens is 288 g/mol. The van der Waals surface area contributed by atoms with Gasteiger partial charge in [-0.05, 0) is 50.9 Å². The molecule has 2 heterocycles. The first kappa shape index (κ1) is 15.7. The average Bonchev–Trinajstić information content (AvgIpc) is 3.23. The molecule has 1 amide bonds. The molecular formula is C18H24N4O. The van der Waals surface area contributed by atoms with E-state index in [4.69, 9.17) is 0 Å². The maximum Gasteiger partial charge on any atom is 0.271 e. The average molecular weight is 312 g/mol. The third kappa shape index (κ3) is 3.79. The monoisotopic (exact) mass is 312 g/mol. The van der Waals surface area contributed by atoms with E-state index < -0.39 is 0 Å². The van der Waals surface area contributed by atoms with Gasteiger partial charge in [-0.15, -0.1) is 0 Å². The van der Waals surface area contributed by atoms with Crippen molar-refractivity contribution in [1.29, 1.82) is 0 Å². The zero-order valence-electron chi connectivity index (χ0n) is 13.8. The predicted molar refractivity (Wildman–Crippen MR) is 90.7 cm³/mol. The van der Waals surface area contributed by atoms with Gasteiger partial charge >= 0.3 is 0 Å². The lowest BCUT2D eigenvalue weighted by Gasteiger charge is -2.20. The van der Waals surface area contributed by atoms with E-state index in [0.717, 1.165) is 31.7 Å². The number of aromatic nitrogens is 2. The number of nitrogens with one attached hydrogen (secondary N) is 1. The Morgan fingerprint density at radius 1 is 1.30 bits per heavy atom. The highest BCUT2D eigenvalue weighted by molar-refractivity contribution is 5.92. The van der Waals surface area contributed by atoms with E-state index in [1.165, 1.54) is 0 Å². The molecule has 5 nitrogen and oxygen atoms in total. The number of hydrogen-bond acceptors (Lipinski definition) is 3. The highest BCUT2D eigenvalue weighted by atomic mass is 16.1. The van der Waals surface area contributed by atoms with Crippen LogP contribution >= 0.6 is 0 Å². The van der Waals surface area contributed by atoms with Crippen molar-refractivity contribution in [3.8, 4) is 5.69 Å². The summed E-state index contributed by atoms with van der Waals surface area (Å²) in [5.74, 6) is 0.445. The lowest BCUT2D eigenvalue weighted by atomic mass is 10.1. The zero-order chi connectivity index (χ0) is 16.2. The molecule has 1 N–H and O–H groups in total. The lowest BCUT2D eigenvalue weighted by Crippen LogP contribution is -2.33. The molecule has 1 atom stereocenters. The van der Waals surface area contributed by atoms with E-state index in [1.807, 2.05) is 36.5 Å². The van der Waals surface area contributed by atoms with Gasteiger partial charge in [0.05, 0.1) is 5.69 Å². The van der Waals surface area contributed by atoms with Crippen molar-refractivity contribution >= 4 is 5.91 Å². The molecule has 1 unspecified atom stereocenters. The van der Waals surface area contributed by atoms with Crippen molar-refractivity contribution in [2.75, 3.05) is 19.6 Å². The van der Waals surface area contributed by atoms with Crippen molar-refractivity contribution < 1.29 is 4.79 Å². The van der Waals surface area contributed by atoms with Gasteiger partial charge in [-0.3, -0.25) is 4.79 Å². The van der Waals surface area contributed by atoms with Gasteiger partial charge in [-0.25, -0.2) is 4.68 Å². The van der Waals surface area contributed by atoms with Gasteiger partial charge in [-0.2, -0.15) is 5.10 Å². The summed E-state index contributed by atoms with van der Waals surface area (Å²) in [7, 11) is 0. The Morgan fingerprint density at radius 3 is 2.78 bits per heavy atom. The van der Waals surface area contributed by atoms with Gasteiger partial charge in [-0.1, -0.05) is 18.2 Å². The van der Waals surface area contributed by atoms with Crippen LogP contribution in [0.25, 0.3) is 5.69 Å². The van der Waals surface area contributed by atoms with E-state index in [0.29, 0.717) is 17.7 Å². The second kappa shape index (κ2) is 6.96. The van der Waals surface area contributed by atoms with Crippen LogP contribution in [-0.4, -0.2) is 46.3 Å². The Kier molecular flexibility index (Phi) is 4.76. The fraction of sp³-hybridized carbons (Fsp3) is 0.444. The molecule has 122 valence electrons. The van der Waals surface area contributed by atoms with Crippen molar-refractivity contribution in [2.24, 2.45) is 5.92 Å². The molecule has 0 aliphatic carbocycles. The summed E-state index contributed by atoms with van der Waals surface area (Å²) in [6.07, 6.45) is 2.97. The fourth-order valence-corrected chi connectivity index (χ4v) is 3.00. The van der Waals surface area contributed by atoms with Crippen LogP contribution in [0.5, 0.6) is 0 Å². The maximum atomic E-state index is 12.3. The molecule has 1 aliphatic rings. The standard InChI is InChI=1S/C18H24N4O/c1-14(2)21-10-8-15(13-21)12-19-18(23)17-9-11-22(20-17)16-6-4-3-5-7-16/h3-7,9,11,14-15H,8,10,12-13H2,1-2H3,(H,19,23). The largest absolute Gasteiger partial charge is 0.350 e. The van der Waals surface area contributed by atoms with Crippen molar-refractivity contribution in [3.05, 3.63) is 48.3 Å². The Labute approximate surface area is 137 Å². The Balaban J connectivity index is 1.54. The molecule has 2 aromatic rings. The van der Waals surface area contributed by atoms with Crippen LogP contribution in [0.3, 0.4) is 0 Å². The second-order valence-corrected chi connectivity index (χ2v) is 6.43. The summed E-state index contributed by atoms with van der Waals surface area (Å²) in [6.45, 7) is 7.35. The number of carbonyl (C=O) groups excluding carboxylic acids is 1. The van der Waals surface area contributed by atoms with E-state index >= 15 is 0 Å². The van der Waals surface area contributed by atoms with Crippen LogP contribution in [0, 0.1) is 5.92 Å². The van der Waals surface area contributed by atoms with E-state index in [2.05, 4.69) is 29.2 Å². The van der Waals surface area contributed by atoms with Crippen molar-refractivity contribution in [2.45, 2.75) is 26.3 Å². The Morgan fingerprint density at radius 2 is 2.09 bits per heavy atom. The minimum atomic E-state index is -0.0947. The van der Waals surface area contributed by atoms with Gasteiger partial charge < -0.3 is 10.2 Å². The van der Waals surface area contributed by atoms with Crippen LogP contribution in [0.2, 0.25) is 0 Å². The highest BCUT2D eigenvalue weighted by Gasteiger charge is 2.24. The molecule has 0 bridgehead atoms. The topological polar surface area (TPSA) is 50.2 Å². The Bertz CT molecular complexity index is 650. The summed E-state index contributed by atoms with van der Waals surface area (Å²) < 4.78 is 1.73. The third-order valence-corrected chi connectivity index (χ3v) is 4.44. The van der Waals surface area contributed by atoms with E-state index in [-0.39, 0.29) is 5.91 Å². The Hall–Kier alpha value is -2.14. The summed E-state index contributed by atoms with van der Waals surface area (Å²) in [6, 6.07) is 12.1. The van der Waals surface area contributed by atoms with Crippen molar-refractivity contribution in [3.63, 3.8) is 0 Å². The maximum absolute atomic E-state index is 12.3. The number of amides is 1. The molecule has 0 spiro atoms. The number of hydrogen-bond donors (Lipinski definition) is 1. The van der Waals surface area contributed by atoms with Crippen LogP contribution < -0.4 is 5.32 Å². The molecule has 0 radical (unpaired) electrons. The number of para-hydroxylation sites is 1. The molecule has 1 aromatic heterocycles. The third-order valence-electron chi connectivity index (χ3n) is 4.44. The molecule has 3 rings (SSSR count). The summed E-state index contributed by atoms with van der Waals surface area (Å²) in [5, 5.41) is 7.39. The summed E-state index contributed by atoms with van der Waals surface area (Å²) in [5.41, 5.74) is 1.42. The first-order chi connectivity index (χ1) is 11.1. The molecule has 1 saturated heterocycles. The number of benzene rings is 1. The van der Waals surface area contributed by atoms with Crippen LogP contribution in [0.4, 0.5) is 0 Å². The smallest absolute Gasteiger partial charge is 0.271 e. The van der Waals surface area contributed by atoms with E-state index in [1.54, 1.807) is 10.7 Å².